The molecule has 3 rings (SSSR count). The van der Waals surface area contributed by atoms with E-state index >= 15 is 0 Å². The van der Waals surface area contributed by atoms with Gasteiger partial charge in [-0.2, -0.15) is 9.78 Å². The molecule has 138 valence electrons. The second-order valence-corrected chi connectivity index (χ2v) is 7.70. The van der Waals surface area contributed by atoms with Crippen molar-refractivity contribution >= 4 is 61.5 Å². The summed E-state index contributed by atoms with van der Waals surface area (Å²) < 4.78 is 8.17. The Morgan fingerprint density at radius 1 is 1.37 bits per heavy atom. The number of benzene rings is 2. The number of carbonyl (C=O) groups is 1. The number of hydrogen-bond acceptors (Lipinski definition) is 5. The van der Waals surface area contributed by atoms with Crippen molar-refractivity contribution in [1.29, 1.82) is 0 Å². The van der Waals surface area contributed by atoms with Crippen molar-refractivity contribution in [3.63, 3.8) is 0 Å². The lowest BCUT2D eigenvalue weighted by Gasteiger charge is -2.07. The van der Waals surface area contributed by atoms with Crippen LogP contribution in [0.15, 0.2) is 50.8 Å². The van der Waals surface area contributed by atoms with Crippen molar-refractivity contribution in [3.8, 4) is 5.75 Å². The van der Waals surface area contributed by atoms with Crippen LogP contribution in [0.5, 0.6) is 5.75 Å². The first kappa shape index (κ1) is 19.5. The van der Waals surface area contributed by atoms with Crippen molar-refractivity contribution in [2.75, 3.05) is 6.61 Å². The first-order chi connectivity index (χ1) is 12.8. The van der Waals surface area contributed by atoms with Gasteiger partial charge in [0.05, 0.1) is 20.7 Å². The summed E-state index contributed by atoms with van der Waals surface area (Å²) in [7, 11) is 0. The zero-order chi connectivity index (χ0) is 19.6. The van der Waals surface area contributed by atoms with Gasteiger partial charge in [-0.05, 0) is 71.5 Å². The van der Waals surface area contributed by atoms with Gasteiger partial charge in [0, 0.05) is 4.47 Å². The normalized spacial score (nSPS) is 11.2. The first-order valence-electron chi connectivity index (χ1n) is 7.79. The Labute approximate surface area is 176 Å². The SMILES string of the molecule is Cc1nc2ccc(Br)cc2c(=O)n1N=Cc1ccc(OCC(N)=O)c(I)c1. The standard InChI is InChI=1S/C18H14BrIN4O3/c1-10-23-15-4-3-12(19)7-13(15)18(26)24(10)22-8-11-2-5-16(14(20)6-11)27-9-17(21)25/h2-8H,9H2,1H3,(H2,21,25). The van der Waals surface area contributed by atoms with Gasteiger partial charge in [-0.25, -0.2) is 4.98 Å². The number of nitrogens with zero attached hydrogens (tertiary/aromatic N) is 3. The van der Waals surface area contributed by atoms with Crippen LogP contribution in [-0.4, -0.2) is 28.4 Å². The fourth-order valence-corrected chi connectivity index (χ4v) is 3.44. The van der Waals surface area contributed by atoms with Crippen LogP contribution in [-0.2, 0) is 4.79 Å². The van der Waals surface area contributed by atoms with Crippen LogP contribution in [0.1, 0.15) is 11.4 Å². The average Bonchev–Trinajstić information content (AvgIpc) is 2.61. The molecule has 0 saturated heterocycles. The van der Waals surface area contributed by atoms with E-state index in [9.17, 15) is 9.59 Å². The molecular formula is C18H14BrIN4O3. The third-order valence-electron chi connectivity index (χ3n) is 3.62. The number of primary amides is 1. The number of halogens is 2. The zero-order valence-electron chi connectivity index (χ0n) is 14.1. The van der Waals surface area contributed by atoms with Crippen molar-refractivity contribution in [3.05, 3.63) is 66.2 Å². The lowest BCUT2D eigenvalue weighted by Crippen LogP contribution is -2.20. The molecule has 0 aliphatic heterocycles. The topological polar surface area (TPSA) is 99.6 Å². The molecule has 1 aromatic heterocycles. The third kappa shape index (κ3) is 4.53. The number of nitrogens with two attached hydrogens (primary N) is 1. The number of hydrogen-bond donors (Lipinski definition) is 1. The van der Waals surface area contributed by atoms with Crippen molar-refractivity contribution in [2.24, 2.45) is 10.8 Å². The molecule has 0 spiro atoms. The van der Waals surface area contributed by atoms with Crippen molar-refractivity contribution in [1.82, 2.24) is 9.66 Å². The summed E-state index contributed by atoms with van der Waals surface area (Å²) >= 11 is 5.46. The summed E-state index contributed by atoms with van der Waals surface area (Å²) in [6.45, 7) is 1.54. The van der Waals surface area contributed by atoms with Gasteiger partial charge in [0.25, 0.3) is 11.5 Å². The van der Waals surface area contributed by atoms with E-state index in [0.29, 0.717) is 22.5 Å². The number of ether oxygens (including phenoxy) is 1. The summed E-state index contributed by atoms with van der Waals surface area (Å²) in [5.74, 6) is 0.501. The number of fused-ring (bicyclic) bond motifs is 1. The van der Waals surface area contributed by atoms with Crippen LogP contribution < -0.4 is 16.0 Å². The maximum Gasteiger partial charge on any atom is 0.282 e. The van der Waals surface area contributed by atoms with Gasteiger partial charge >= 0.3 is 0 Å². The second-order valence-electron chi connectivity index (χ2n) is 5.63. The Morgan fingerprint density at radius 2 is 2.15 bits per heavy atom. The number of carbonyl (C=O) groups excluding carboxylic acids is 1. The summed E-state index contributed by atoms with van der Waals surface area (Å²) in [5.41, 5.74) is 6.23. The fraction of sp³-hybridized carbons (Fsp3) is 0.111. The molecule has 1 heterocycles. The third-order valence-corrected chi connectivity index (χ3v) is 4.95. The van der Waals surface area contributed by atoms with Crippen LogP contribution in [0.3, 0.4) is 0 Å². The van der Waals surface area contributed by atoms with Gasteiger partial charge in [0.15, 0.2) is 6.61 Å². The molecule has 1 amide bonds. The molecule has 0 radical (unpaired) electrons. The molecule has 9 heteroatoms. The fourth-order valence-electron chi connectivity index (χ4n) is 2.38. The molecule has 0 saturated carbocycles. The lowest BCUT2D eigenvalue weighted by atomic mass is 10.2. The Balaban J connectivity index is 1.93. The summed E-state index contributed by atoms with van der Waals surface area (Å²) in [5, 5.41) is 4.77. The minimum absolute atomic E-state index is 0.184. The van der Waals surface area contributed by atoms with Gasteiger partial charge in [-0.15, -0.1) is 0 Å². The van der Waals surface area contributed by atoms with E-state index in [1.54, 1.807) is 37.4 Å². The molecule has 2 aromatic carbocycles. The van der Waals surface area contributed by atoms with Crippen LogP contribution in [0.4, 0.5) is 0 Å². The Bertz CT molecular complexity index is 1130. The van der Waals surface area contributed by atoms with Crippen molar-refractivity contribution < 1.29 is 9.53 Å². The van der Waals surface area contributed by atoms with E-state index in [1.165, 1.54) is 4.68 Å². The quantitative estimate of drug-likeness (QED) is 0.397. The molecule has 27 heavy (non-hydrogen) atoms. The molecule has 7 nitrogen and oxygen atoms in total. The maximum atomic E-state index is 12.7. The first-order valence-corrected chi connectivity index (χ1v) is 9.66. The van der Waals surface area contributed by atoms with Gasteiger partial charge in [-0.1, -0.05) is 15.9 Å². The number of aromatic nitrogens is 2. The van der Waals surface area contributed by atoms with E-state index in [1.807, 2.05) is 12.1 Å². The van der Waals surface area contributed by atoms with E-state index in [-0.39, 0.29) is 12.2 Å². The summed E-state index contributed by atoms with van der Waals surface area (Å²) in [4.78, 5) is 28.0. The van der Waals surface area contributed by atoms with Gasteiger partial charge in [0.1, 0.15) is 11.6 Å². The van der Waals surface area contributed by atoms with E-state index in [2.05, 4.69) is 48.6 Å². The summed E-state index contributed by atoms with van der Waals surface area (Å²) in [6.07, 6.45) is 1.57. The van der Waals surface area contributed by atoms with Gasteiger partial charge in [-0.3, -0.25) is 9.59 Å². The Hall–Kier alpha value is -2.27. The molecule has 0 aliphatic rings. The minimum atomic E-state index is -0.540. The molecule has 3 aromatic rings. The van der Waals surface area contributed by atoms with Crippen LogP contribution >= 0.6 is 38.5 Å². The molecule has 0 bridgehead atoms. The second kappa shape index (κ2) is 8.17. The van der Waals surface area contributed by atoms with Gasteiger partial charge in [0.2, 0.25) is 0 Å². The highest BCUT2D eigenvalue weighted by Gasteiger charge is 2.08. The molecule has 0 aliphatic carbocycles. The highest BCUT2D eigenvalue weighted by atomic mass is 127. The molecule has 2 N–H and O–H groups in total. The predicted octanol–water partition coefficient (Wildman–Crippen LogP) is 2.82. The van der Waals surface area contributed by atoms with E-state index < -0.39 is 5.91 Å². The molecule has 0 fully saturated rings. The van der Waals surface area contributed by atoms with Crippen LogP contribution in [0.2, 0.25) is 0 Å². The highest BCUT2D eigenvalue weighted by molar-refractivity contribution is 14.1. The van der Waals surface area contributed by atoms with E-state index in [0.717, 1.165) is 13.6 Å². The Morgan fingerprint density at radius 3 is 2.85 bits per heavy atom. The average molecular weight is 541 g/mol. The zero-order valence-corrected chi connectivity index (χ0v) is 17.9. The van der Waals surface area contributed by atoms with Crippen LogP contribution in [0, 0.1) is 10.5 Å². The molecular weight excluding hydrogens is 527 g/mol. The predicted molar refractivity (Wildman–Crippen MR) is 115 cm³/mol. The minimum Gasteiger partial charge on any atom is -0.483 e. The van der Waals surface area contributed by atoms with E-state index in [4.69, 9.17) is 10.5 Å². The number of rotatable bonds is 5. The lowest BCUT2D eigenvalue weighted by molar-refractivity contribution is -0.119. The van der Waals surface area contributed by atoms with Crippen LogP contribution in [0.25, 0.3) is 10.9 Å². The highest BCUT2D eigenvalue weighted by Crippen LogP contribution is 2.21. The molecule has 0 atom stereocenters. The maximum absolute atomic E-state index is 12.7. The van der Waals surface area contributed by atoms with Crippen molar-refractivity contribution in [2.45, 2.75) is 6.92 Å². The largest absolute Gasteiger partial charge is 0.483 e. The monoisotopic (exact) mass is 540 g/mol. The smallest absolute Gasteiger partial charge is 0.282 e. The Kier molecular flexibility index (Phi) is 5.90. The number of amides is 1. The summed E-state index contributed by atoms with van der Waals surface area (Å²) in [6, 6.07) is 10.7. The number of aryl methyl sites for hydroxylation is 1. The molecule has 0 unspecified atom stereocenters. The van der Waals surface area contributed by atoms with Gasteiger partial charge < -0.3 is 10.5 Å².